The van der Waals surface area contributed by atoms with E-state index in [9.17, 15) is 4.79 Å². The van der Waals surface area contributed by atoms with Gasteiger partial charge in [0.25, 0.3) is 0 Å². The largest absolute Gasteiger partial charge is 0.423 e. The summed E-state index contributed by atoms with van der Waals surface area (Å²) < 4.78 is 10.7. The van der Waals surface area contributed by atoms with Crippen LogP contribution in [-0.2, 0) is 4.79 Å². The van der Waals surface area contributed by atoms with Crippen LogP contribution < -0.4 is 4.74 Å². The van der Waals surface area contributed by atoms with E-state index < -0.39 is 5.97 Å². The molecule has 2 heterocycles. The third-order valence-corrected chi connectivity index (χ3v) is 9.06. The molecule has 176 valence electrons. The fourth-order valence-corrected chi connectivity index (χ4v) is 7.15. The van der Waals surface area contributed by atoms with E-state index in [0.717, 1.165) is 22.3 Å². The Bertz CT molecular complexity index is 2010. The number of thiophene rings is 2. The summed E-state index contributed by atoms with van der Waals surface area (Å²) in [6, 6.07) is 36.1. The molecule has 0 bridgehead atoms. The molecular formula is C33H20O2S2. The number of ether oxygens (including phenoxy) is 1. The molecule has 0 N–H and O–H groups in total. The summed E-state index contributed by atoms with van der Waals surface area (Å²) in [6.45, 7) is 3.57. The fourth-order valence-electron chi connectivity index (χ4n) is 4.97. The molecule has 0 saturated heterocycles. The van der Waals surface area contributed by atoms with Gasteiger partial charge >= 0.3 is 5.97 Å². The second-order valence-corrected chi connectivity index (χ2v) is 11.1. The van der Waals surface area contributed by atoms with Gasteiger partial charge in [-0.15, -0.1) is 22.7 Å². The second kappa shape index (κ2) is 8.70. The summed E-state index contributed by atoms with van der Waals surface area (Å²) in [5.74, 6) is 0.0526. The van der Waals surface area contributed by atoms with Gasteiger partial charge in [-0.25, -0.2) is 4.79 Å². The highest BCUT2D eigenvalue weighted by molar-refractivity contribution is 7.26. The Morgan fingerprint density at radius 1 is 0.595 bits per heavy atom. The van der Waals surface area contributed by atoms with Crippen LogP contribution in [0.3, 0.4) is 0 Å². The van der Waals surface area contributed by atoms with Crippen molar-refractivity contribution in [1.82, 2.24) is 0 Å². The molecule has 2 aromatic heterocycles. The van der Waals surface area contributed by atoms with Crippen molar-refractivity contribution in [2.75, 3.05) is 0 Å². The number of fused-ring (bicyclic) bond motifs is 6. The van der Waals surface area contributed by atoms with Gasteiger partial charge in [-0.2, -0.15) is 0 Å². The lowest BCUT2D eigenvalue weighted by molar-refractivity contribution is -0.128. The lowest BCUT2D eigenvalue weighted by Crippen LogP contribution is -2.04. The van der Waals surface area contributed by atoms with E-state index in [-0.39, 0.29) is 0 Å². The number of hydrogen-bond acceptors (Lipinski definition) is 4. The third kappa shape index (κ3) is 3.73. The number of benzene rings is 5. The van der Waals surface area contributed by atoms with E-state index in [1.54, 1.807) is 11.3 Å². The molecule has 0 aliphatic heterocycles. The highest BCUT2D eigenvalue weighted by Crippen LogP contribution is 2.41. The summed E-state index contributed by atoms with van der Waals surface area (Å²) >= 11 is 3.60. The van der Waals surface area contributed by atoms with Crippen LogP contribution in [0.4, 0.5) is 0 Å². The Balaban J connectivity index is 1.42. The maximum atomic E-state index is 12.2. The average Bonchev–Trinajstić information content (AvgIpc) is 3.50. The summed E-state index contributed by atoms with van der Waals surface area (Å²) in [5.41, 5.74) is 4.08. The minimum atomic E-state index is -0.470. The summed E-state index contributed by atoms with van der Waals surface area (Å²) in [6.07, 6.45) is 1.20. The molecule has 0 amide bonds. The lowest BCUT2D eigenvalue weighted by atomic mass is 9.96. The van der Waals surface area contributed by atoms with Crippen LogP contribution in [0.25, 0.3) is 62.6 Å². The SMILES string of the molecule is C=CC(=O)Oc1ccc(-c2ccc3sc4ccccc4c3c2)cc1-c1ccc2sc3ccccc3c2c1. The van der Waals surface area contributed by atoms with Gasteiger partial charge in [-0.3, -0.25) is 0 Å². The van der Waals surface area contributed by atoms with Gasteiger partial charge in [-0.05, 0) is 65.2 Å². The van der Waals surface area contributed by atoms with Crippen LogP contribution in [0.2, 0.25) is 0 Å². The molecule has 0 atom stereocenters. The van der Waals surface area contributed by atoms with E-state index in [1.165, 1.54) is 46.4 Å². The highest BCUT2D eigenvalue weighted by atomic mass is 32.1. The Morgan fingerprint density at radius 3 is 1.76 bits per heavy atom. The minimum Gasteiger partial charge on any atom is -0.423 e. The van der Waals surface area contributed by atoms with Crippen molar-refractivity contribution in [2.45, 2.75) is 0 Å². The van der Waals surface area contributed by atoms with Crippen LogP contribution in [0, 0.1) is 0 Å². The normalized spacial score (nSPS) is 11.5. The Morgan fingerprint density at radius 2 is 1.11 bits per heavy atom. The van der Waals surface area contributed by atoms with Crippen LogP contribution in [0.1, 0.15) is 0 Å². The van der Waals surface area contributed by atoms with Crippen molar-refractivity contribution < 1.29 is 9.53 Å². The zero-order chi connectivity index (χ0) is 24.9. The predicted molar refractivity (Wildman–Crippen MR) is 159 cm³/mol. The van der Waals surface area contributed by atoms with Gasteiger partial charge in [0.15, 0.2) is 0 Å². The van der Waals surface area contributed by atoms with Crippen LogP contribution in [-0.4, -0.2) is 5.97 Å². The summed E-state index contributed by atoms with van der Waals surface area (Å²) in [4.78, 5) is 12.2. The second-order valence-electron chi connectivity index (χ2n) is 8.95. The first kappa shape index (κ1) is 22.0. The smallest absolute Gasteiger partial charge is 0.335 e. The van der Waals surface area contributed by atoms with Crippen LogP contribution in [0.15, 0.2) is 116 Å². The van der Waals surface area contributed by atoms with E-state index in [0.29, 0.717) is 5.75 Å². The Kier molecular flexibility index (Phi) is 5.17. The van der Waals surface area contributed by atoms with Crippen LogP contribution >= 0.6 is 22.7 Å². The molecule has 4 heteroatoms. The first-order valence-corrected chi connectivity index (χ1v) is 13.6. The zero-order valence-electron chi connectivity index (χ0n) is 19.7. The molecule has 0 fully saturated rings. The Hall–Kier alpha value is -4.25. The van der Waals surface area contributed by atoms with Crippen molar-refractivity contribution in [3.8, 4) is 28.0 Å². The highest BCUT2D eigenvalue weighted by Gasteiger charge is 2.15. The number of hydrogen-bond donors (Lipinski definition) is 0. The van der Waals surface area contributed by atoms with Crippen LogP contribution in [0.5, 0.6) is 5.75 Å². The molecule has 2 nitrogen and oxygen atoms in total. The molecule has 0 aliphatic rings. The van der Waals surface area contributed by atoms with E-state index in [1.807, 2.05) is 23.5 Å². The molecular weight excluding hydrogens is 492 g/mol. The van der Waals surface area contributed by atoms with Gasteiger partial charge in [0.1, 0.15) is 5.75 Å². The third-order valence-electron chi connectivity index (χ3n) is 6.75. The summed E-state index contributed by atoms with van der Waals surface area (Å²) in [7, 11) is 0. The zero-order valence-corrected chi connectivity index (χ0v) is 21.4. The molecule has 0 spiro atoms. The molecule has 5 aromatic carbocycles. The molecule has 7 rings (SSSR count). The molecule has 7 aromatic rings. The van der Waals surface area contributed by atoms with Crippen molar-refractivity contribution in [1.29, 1.82) is 0 Å². The topological polar surface area (TPSA) is 26.3 Å². The molecule has 0 saturated carbocycles. The number of rotatable bonds is 4. The molecule has 0 aliphatic carbocycles. The average molecular weight is 513 g/mol. The predicted octanol–water partition coefficient (Wildman–Crippen LogP) is 9.85. The van der Waals surface area contributed by atoms with Gasteiger partial charge in [-0.1, -0.05) is 61.2 Å². The first-order chi connectivity index (χ1) is 18.2. The van der Waals surface area contributed by atoms with Crippen molar-refractivity contribution in [3.63, 3.8) is 0 Å². The van der Waals surface area contributed by atoms with E-state index in [4.69, 9.17) is 4.74 Å². The maximum absolute atomic E-state index is 12.2. The molecule has 37 heavy (non-hydrogen) atoms. The number of carbonyl (C=O) groups excluding carboxylic acids is 1. The van der Waals surface area contributed by atoms with Crippen molar-refractivity contribution in [3.05, 3.63) is 116 Å². The van der Waals surface area contributed by atoms with E-state index in [2.05, 4.69) is 97.6 Å². The first-order valence-electron chi connectivity index (χ1n) is 12.0. The number of carbonyl (C=O) groups is 1. The van der Waals surface area contributed by atoms with Gasteiger partial charge in [0, 0.05) is 52.0 Å². The monoisotopic (exact) mass is 512 g/mol. The summed E-state index contributed by atoms with van der Waals surface area (Å²) in [5, 5.41) is 4.97. The van der Waals surface area contributed by atoms with Crippen molar-refractivity contribution >= 4 is 69.0 Å². The van der Waals surface area contributed by atoms with E-state index >= 15 is 0 Å². The number of esters is 1. The van der Waals surface area contributed by atoms with Crippen molar-refractivity contribution in [2.24, 2.45) is 0 Å². The minimum absolute atomic E-state index is 0.470. The van der Waals surface area contributed by atoms with Gasteiger partial charge < -0.3 is 4.74 Å². The molecule has 0 radical (unpaired) electrons. The standard InChI is InChI=1S/C33H20O2S2/c1-2-33(34)35-28-14-11-20(21-12-15-31-26(18-21)23-7-3-5-9-29(23)36-31)17-25(28)22-13-16-32-27(19-22)24-8-4-6-10-30(24)37-32/h2-19H,1H2. The quantitative estimate of drug-likeness (QED) is 0.133. The lowest BCUT2D eigenvalue weighted by Gasteiger charge is -2.13. The fraction of sp³-hybridized carbons (Fsp3) is 0. The van der Waals surface area contributed by atoms with Gasteiger partial charge in [0.2, 0.25) is 0 Å². The molecule has 0 unspecified atom stereocenters. The maximum Gasteiger partial charge on any atom is 0.335 e. The van der Waals surface area contributed by atoms with Gasteiger partial charge in [0.05, 0.1) is 0 Å². The Labute approximate surface area is 221 Å².